The highest BCUT2D eigenvalue weighted by molar-refractivity contribution is 8.76. The molecular weight excluding hydrogens is 869 g/mol. The minimum absolute atomic E-state index is 0.0906. The van der Waals surface area contributed by atoms with Gasteiger partial charge in [0.1, 0.15) is 18.7 Å². The molecule has 3 aromatic rings. The average molecular weight is 951 g/mol. The second-order valence-corrected chi connectivity index (χ2v) is 18.6. The molecule has 0 saturated heterocycles. The number of nitrogens with one attached hydrogen (secondary N) is 2. The number of hydrogen-bond donors (Lipinski definition) is 3. The van der Waals surface area contributed by atoms with Crippen LogP contribution < -0.4 is 15.8 Å². The zero-order valence-electron chi connectivity index (χ0n) is 39.5. The van der Waals surface area contributed by atoms with Gasteiger partial charge in [-0.3, -0.25) is 0 Å². The van der Waals surface area contributed by atoms with Crippen LogP contribution in [0.4, 0.5) is 10.7 Å². The second-order valence-electron chi connectivity index (χ2n) is 15.9. The van der Waals surface area contributed by atoms with Crippen molar-refractivity contribution in [2.75, 3.05) is 103 Å². The molecule has 0 fully saturated rings. The van der Waals surface area contributed by atoms with Crippen molar-refractivity contribution in [2.24, 2.45) is 0 Å². The van der Waals surface area contributed by atoms with Crippen LogP contribution in [0.5, 0.6) is 5.88 Å². The molecule has 2 heterocycles. The Labute approximate surface area is 397 Å². The van der Waals surface area contributed by atoms with Crippen LogP contribution in [0.3, 0.4) is 0 Å². The first-order chi connectivity index (χ1) is 32.2. The minimum Gasteiger partial charge on any atom is -0.471 e. The molecule has 0 aliphatic heterocycles. The SMILES string of the molecule is CCCCCCCCCCCSSCCCCCCCCCCCOCCOCCOCCOCCOCCOCCOC(=O)NCc1ccc(COc2nc(N)nc3nc[nH]c23)cc1. The first-order valence-electron chi connectivity index (χ1n) is 24.4. The monoisotopic (exact) mass is 951 g/mol. The highest BCUT2D eigenvalue weighted by atomic mass is 33.1. The lowest BCUT2D eigenvalue weighted by atomic mass is 10.1. The Bertz CT molecular complexity index is 1540. The molecule has 0 aliphatic carbocycles. The Morgan fingerprint density at radius 3 is 1.54 bits per heavy atom. The Kier molecular flexibility index (Phi) is 35.9. The summed E-state index contributed by atoms with van der Waals surface area (Å²) >= 11 is 0. The van der Waals surface area contributed by atoms with Gasteiger partial charge in [-0.2, -0.15) is 9.97 Å². The number of unbranched alkanes of at least 4 members (excludes halogenated alkanes) is 16. The first-order valence-corrected chi connectivity index (χ1v) is 26.9. The number of imidazole rings is 1. The Hall–Kier alpha value is -2.90. The quantitative estimate of drug-likeness (QED) is 0.0359. The summed E-state index contributed by atoms with van der Waals surface area (Å²) in [5.41, 5.74) is 8.60. The van der Waals surface area contributed by atoms with Crippen molar-refractivity contribution in [2.45, 2.75) is 136 Å². The van der Waals surface area contributed by atoms with E-state index in [1.807, 2.05) is 24.3 Å². The molecule has 1 aromatic carbocycles. The van der Waals surface area contributed by atoms with Crippen molar-refractivity contribution in [3.05, 3.63) is 41.7 Å². The highest BCUT2D eigenvalue weighted by Gasteiger charge is 2.10. The molecule has 0 spiro atoms. The number of nitrogens with zero attached hydrogens (tertiary/aromatic N) is 3. The third-order valence-electron chi connectivity index (χ3n) is 10.4. The maximum Gasteiger partial charge on any atom is 0.407 e. The molecule has 17 heteroatoms. The summed E-state index contributed by atoms with van der Waals surface area (Å²) in [6, 6.07) is 7.62. The summed E-state index contributed by atoms with van der Waals surface area (Å²) < 4.78 is 44.4. The van der Waals surface area contributed by atoms with Gasteiger partial charge >= 0.3 is 6.09 Å². The maximum atomic E-state index is 12.1. The summed E-state index contributed by atoms with van der Waals surface area (Å²) in [5.74, 6) is 3.08. The normalized spacial score (nSPS) is 11.5. The van der Waals surface area contributed by atoms with E-state index in [4.69, 9.17) is 43.6 Å². The Balaban J connectivity index is 0.930. The fourth-order valence-electron chi connectivity index (χ4n) is 6.64. The number of amides is 1. The lowest BCUT2D eigenvalue weighted by Gasteiger charge is -2.10. The van der Waals surface area contributed by atoms with Gasteiger partial charge in [-0.15, -0.1) is 0 Å². The van der Waals surface area contributed by atoms with E-state index in [0.717, 1.165) is 24.2 Å². The van der Waals surface area contributed by atoms with Gasteiger partial charge in [0.15, 0.2) is 5.65 Å². The summed E-state index contributed by atoms with van der Waals surface area (Å²) in [5, 5.41) is 2.73. The molecule has 0 atom stereocenters. The van der Waals surface area contributed by atoms with E-state index >= 15 is 0 Å². The number of aromatic nitrogens is 4. The molecule has 0 saturated carbocycles. The molecule has 370 valence electrons. The average Bonchev–Trinajstić information content (AvgIpc) is 3.79. The van der Waals surface area contributed by atoms with E-state index in [2.05, 4.69) is 53.8 Å². The van der Waals surface area contributed by atoms with Gasteiger partial charge in [0.2, 0.25) is 11.8 Å². The summed E-state index contributed by atoms with van der Waals surface area (Å²) in [4.78, 5) is 27.3. The van der Waals surface area contributed by atoms with Gasteiger partial charge in [-0.1, -0.05) is 149 Å². The molecule has 0 aliphatic rings. The number of aromatic amines is 1. The van der Waals surface area contributed by atoms with Crippen molar-refractivity contribution < 1.29 is 42.7 Å². The minimum atomic E-state index is -0.517. The second kappa shape index (κ2) is 41.3. The third-order valence-corrected chi connectivity index (χ3v) is 12.9. The number of fused-ring (bicyclic) bond motifs is 1. The van der Waals surface area contributed by atoms with Gasteiger partial charge in [-0.25, -0.2) is 9.78 Å². The van der Waals surface area contributed by atoms with Crippen LogP contribution in [-0.4, -0.2) is 123 Å². The fraction of sp³-hybridized carbons (Fsp3) is 0.750. The van der Waals surface area contributed by atoms with Gasteiger partial charge in [0, 0.05) is 24.7 Å². The van der Waals surface area contributed by atoms with E-state index < -0.39 is 6.09 Å². The van der Waals surface area contributed by atoms with Crippen LogP contribution in [0, 0.1) is 0 Å². The number of nitrogens with two attached hydrogens (primary N) is 1. The Morgan fingerprint density at radius 2 is 1.02 bits per heavy atom. The number of carbonyl (C=O) groups is 1. The van der Waals surface area contributed by atoms with Gasteiger partial charge < -0.3 is 53.9 Å². The van der Waals surface area contributed by atoms with Crippen molar-refractivity contribution in [3.8, 4) is 5.88 Å². The van der Waals surface area contributed by atoms with Crippen molar-refractivity contribution >= 4 is 44.8 Å². The van der Waals surface area contributed by atoms with Crippen LogP contribution in [0.15, 0.2) is 30.6 Å². The molecule has 1 amide bonds. The van der Waals surface area contributed by atoms with Gasteiger partial charge in [-0.05, 0) is 30.4 Å². The molecule has 0 bridgehead atoms. The van der Waals surface area contributed by atoms with Crippen molar-refractivity contribution in [1.82, 2.24) is 25.3 Å². The predicted molar refractivity (Wildman–Crippen MR) is 264 cm³/mol. The zero-order chi connectivity index (χ0) is 45.9. The van der Waals surface area contributed by atoms with Crippen LogP contribution in [0.25, 0.3) is 11.2 Å². The van der Waals surface area contributed by atoms with Crippen LogP contribution in [0.1, 0.15) is 134 Å². The predicted octanol–water partition coefficient (Wildman–Crippen LogP) is 10.3. The van der Waals surface area contributed by atoms with Gasteiger partial charge in [0.25, 0.3) is 0 Å². The van der Waals surface area contributed by atoms with E-state index in [0.29, 0.717) is 89.7 Å². The van der Waals surface area contributed by atoms with Crippen LogP contribution >= 0.6 is 21.6 Å². The standard InChI is InChI=1S/C48H82N6O9S2/c1-2-3-4-5-6-9-12-15-18-37-64-65-38-19-16-13-10-7-8-11-14-17-24-56-25-26-57-27-28-58-29-30-59-31-32-60-33-34-61-35-36-62-48(55)50-39-42-20-22-43(23-21-42)40-63-46-44-45(52-41-51-44)53-47(49)54-46/h20-23,41H,2-19,24-40H2,1H3,(H,50,55)(H3,49,51,52,53,54). The molecule has 2 aromatic heterocycles. The number of nitrogen functional groups attached to an aromatic ring is 1. The van der Waals surface area contributed by atoms with Crippen molar-refractivity contribution in [3.63, 3.8) is 0 Å². The van der Waals surface area contributed by atoms with Crippen molar-refractivity contribution in [1.29, 1.82) is 0 Å². The molecule has 0 radical (unpaired) electrons. The lowest BCUT2D eigenvalue weighted by molar-refractivity contribution is -0.0186. The molecule has 15 nitrogen and oxygen atoms in total. The Morgan fingerprint density at radius 1 is 0.569 bits per heavy atom. The number of hydrogen-bond acceptors (Lipinski definition) is 15. The summed E-state index contributed by atoms with van der Waals surface area (Å²) in [7, 11) is 4.19. The van der Waals surface area contributed by atoms with E-state index in [1.165, 1.54) is 127 Å². The van der Waals surface area contributed by atoms with E-state index in [-0.39, 0.29) is 25.8 Å². The summed E-state index contributed by atoms with van der Waals surface area (Å²) in [6.07, 6.45) is 25.8. The van der Waals surface area contributed by atoms with E-state index in [1.54, 1.807) is 0 Å². The molecule has 0 unspecified atom stereocenters. The molecule has 65 heavy (non-hydrogen) atoms. The topological polar surface area (TPSA) is 183 Å². The molecule has 3 rings (SSSR count). The number of rotatable bonds is 46. The van der Waals surface area contributed by atoms with E-state index in [9.17, 15) is 4.79 Å². The summed E-state index contributed by atoms with van der Waals surface area (Å²) in [6.45, 7) is 9.19. The highest BCUT2D eigenvalue weighted by Crippen LogP contribution is 2.25. The van der Waals surface area contributed by atoms with Gasteiger partial charge in [0.05, 0.1) is 79.0 Å². The first kappa shape index (κ1) is 56.4. The number of benzene rings is 1. The number of anilines is 1. The molecule has 4 N–H and O–H groups in total. The number of H-pyrrole nitrogens is 1. The number of alkyl carbamates (subject to hydrolysis) is 1. The number of carbonyl (C=O) groups excluding carboxylic acids is 1. The smallest absolute Gasteiger partial charge is 0.407 e. The van der Waals surface area contributed by atoms with Crippen LogP contribution in [-0.2, 0) is 46.3 Å². The fourth-order valence-corrected chi connectivity index (χ4v) is 8.94. The zero-order valence-corrected chi connectivity index (χ0v) is 41.2. The lowest BCUT2D eigenvalue weighted by Crippen LogP contribution is -2.25. The van der Waals surface area contributed by atoms with Crippen LogP contribution in [0.2, 0.25) is 0 Å². The maximum absolute atomic E-state index is 12.1. The largest absolute Gasteiger partial charge is 0.471 e. The molecular formula is C48H82N6O9S2. The number of ether oxygens (including phenoxy) is 8. The third kappa shape index (κ3) is 31.7.